The van der Waals surface area contributed by atoms with Gasteiger partial charge in [0.15, 0.2) is 0 Å². The molecule has 0 saturated carbocycles. The Morgan fingerprint density at radius 3 is 2.44 bits per heavy atom. The van der Waals surface area contributed by atoms with Gasteiger partial charge in [-0.15, -0.1) is 0 Å². The monoisotopic (exact) mass is 221 g/mol. The summed E-state index contributed by atoms with van der Waals surface area (Å²) in [5.74, 6) is -0.0250. The van der Waals surface area contributed by atoms with Gasteiger partial charge < -0.3 is 10.5 Å². The molecule has 16 heavy (non-hydrogen) atoms. The molecule has 0 spiro atoms. The summed E-state index contributed by atoms with van der Waals surface area (Å²) in [5, 5.41) is 0. The van der Waals surface area contributed by atoms with E-state index in [0.717, 1.165) is 5.56 Å². The van der Waals surface area contributed by atoms with Crippen molar-refractivity contribution in [2.24, 2.45) is 11.7 Å². The highest BCUT2D eigenvalue weighted by Gasteiger charge is 2.16. The average Bonchev–Trinajstić information content (AvgIpc) is 2.25. The maximum absolute atomic E-state index is 10.9. The van der Waals surface area contributed by atoms with E-state index in [2.05, 4.69) is 0 Å². The number of amides is 1. The molecule has 0 saturated heterocycles. The number of nitrogens with two attached hydrogens (primary N) is 1. The highest BCUT2D eigenvalue weighted by Crippen LogP contribution is 2.13. The number of hydrogen-bond donors (Lipinski definition) is 1. The van der Waals surface area contributed by atoms with Crippen molar-refractivity contribution < 1.29 is 9.53 Å². The van der Waals surface area contributed by atoms with Gasteiger partial charge in [-0.2, -0.15) is 0 Å². The molecule has 0 radical (unpaired) electrons. The maximum atomic E-state index is 10.9. The van der Waals surface area contributed by atoms with Crippen LogP contribution >= 0.6 is 0 Å². The van der Waals surface area contributed by atoms with Crippen LogP contribution in [0.3, 0.4) is 0 Å². The molecule has 0 unspecified atom stereocenters. The summed E-state index contributed by atoms with van der Waals surface area (Å²) in [7, 11) is 0. The number of hydrogen-bond acceptors (Lipinski definition) is 2. The molecule has 2 N–H and O–H groups in total. The first-order valence-corrected chi connectivity index (χ1v) is 5.53. The Labute approximate surface area is 96.6 Å². The second-order valence-electron chi connectivity index (χ2n) is 4.25. The van der Waals surface area contributed by atoms with Crippen LogP contribution in [0.2, 0.25) is 0 Å². The average molecular weight is 221 g/mol. The van der Waals surface area contributed by atoms with E-state index in [9.17, 15) is 4.79 Å². The Morgan fingerprint density at radius 2 is 1.94 bits per heavy atom. The third-order valence-corrected chi connectivity index (χ3v) is 2.45. The molecule has 0 bridgehead atoms. The van der Waals surface area contributed by atoms with E-state index >= 15 is 0 Å². The third-order valence-electron chi connectivity index (χ3n) is 2.45. The summed E-state index contributed by atoms with van der Waals surface area (Å²) in [6, 6.07) is 9.91. The summed E-state index contributed by atoms with van der Waals surface area (Å²) in [4.78, 5) is 10.9. The van der Waals surface area contributed by atoms with Crippen LogP contribution in [0.1, 0.15) is 25.8 Å². The fourth-order valence-electron chi connectivity index (χ4n) is 1.46. The first-order valence-electron chi connectivity index (χ1n) is 5.53. The molecule has 88 valence electrons. The molecule has 0 fully saturated rings. The smallest absolute Gasteiger partial charge is 0.220 e. The predicted molar refractivity (Wildman–Crippen MR) is 63.7 cm³/mol. The van der Waals surface area contributed by atoms with Crippen LogP contribution in [0, 0.1) is 5.92 Å². The topological polar surface area (TPSA) is 52.3 Å². The lowest BCUT2D eigenvalue weighted by Crippen LogP contribution is -2.27. The van der Waals surface area contributed by atoms with Crippen molar-refractivity contribution in [1.82, 2.24) is 0 Å². The first kappa shape index (κ1) is 12.7. The molecule has 1 amide bonds. The Balaban J connectivity index is 2.47. The molecule has 1 atom stereocenters. The van der Waals surface area contributed by atoms with E-state index in [-0.39, 0.29) is 24.3 Å². The van der Waals surface area contributed by atoms with Crippen LogP contribution in [-0.4, -0.2) is 12.0 Å². The van der Waals surface area contributed by atoms with Crippen LogP contribution in [-0.2, 0) is 16.1 Å². The van der Waals surface area contributed by atoms with Crippen molar-refractivity contribution in [3.05, 3.63) is 35.9 Å². The van der Waals surface area contributed by atoms with Gasteiger partial charge in [-0.1, -0.05) is 44.2 Å². The summed E-state index contributed by atoms with van der Waals surface area (Å²) >= 11 is 0. The molecular formula is C13H19NO2. The zero-order valence-corrected chi connectivity index (χ0v) is 9.85. The van der Waals surface area contributed by atoms with Gasteiger partial charge >= 0.3 is 0 Å². The largest absolute Gasteiger partial charge is 0.373 e. The van der Waals surface area contributed by atoms with Gasteiger partial charge in [0.1, 0.15) is 0 Å². The molecule has 1 rings (SSSR count). The van der Waals surface area contributed by atoms with Crippen molar-refractivity contribution >= 4 is 5.91 Å². The molecule has 0 heterocycles. The summed E-state index contributed by atoms with van der Waals surface area (Å²) < 4.78 is 5.70. The van der Waals surface area contributed by atoms with E-state index in [4.69, 9.17) is 10.5 Å². The lowest BCUT2D eigenvalue weighted by atomic mass is 10.0. The fraction of sp³-hybridized carbons (Fsp3) is 0.462. The van der Waals surface area contributed by atoms with E-state index in [1.807, 2.05) is 44.2 Å². The van der Waals surface area contributed by atoms with Crippen molar-refractivity contribution in [3.8, 4) is 0 Å². The highest BCUT2D eigenvalue weighted by molar-refractivity contribution is 5.74. The SMILES string of the molecule is CC(C)[C@H](CC(N)=O)OCc1ccccc1. The van der Waals surface area contributed by atoms with Crippen molar-refractivity contribution in [1.29, 1.82) is 0 Å². The molecule has 1 aromatic rings. The molecule has 0 aromatic heterocycles. The van der Waals surface area contributed by atoms with Gasteiger partial charge in [0.2, 0.25) is 5.91 Å². The minimum Gasteiger partial charge on any atom is -0.373 e. The number of ether oxygens (including phenoxy) is 1. The lowest BCUT2D eigenvalue weighted by Gasteiger charge is -2.20. The highest BCUT2D eigenvalue weighted by atomic mass is 16.5. The molecule has 0 aliphatic carbocycles. The molecular weight excluding hydrogens is 202 g/mol. The van der Waals surface area contributed by atoms with Crippen LogP contribution in [0.15, 0.2) is 30.3 Å². The summed E-state index contributed by atoms with van der Waals surface area (Å²) in [5.41, 5.74) is 6.29. The van der Waals surface area contributed by atoms with Gasteiger partial charge in [0.05, 0.1) is 19.1 Å². The van der Waals surface area contributed by atoms with Gasteiger partial charge in [0.25, 0.3) is 0 Å². The third kappa shape index (κ3) is 4.45. The molecule has 1 aromatic carbocycles. The van der Waals surface area contributed by atoms with Crippen LogP contribution in [0.4, 0.5) is 0 Å². The predicted octanol–water partition coefficient (Wildman–Crippen LogP) is 2.10. The number of carbonyl (C=O) groups excluding carboxylic acids is 1. The Kier molecular flexibility index (Phi) is 4.99. The fourth-order valence-corrected chi connectivity index (χ4v) is 1.46. The minimum atomic E-state index is -0.313. The number of rotatable bonds is 6. The quantitative estimate of drug-likeness (QED) is 0.799. The van der Waals surface area contributed by atoms with Crippen LogP contribution < -0.4 is 5.73 Å². The van der Waals surface area contributed by atoms with Gasteiger partial charge in [0, 0.05) is 0 Å². The van der Waals surface area contributed by atoms with Gasteiger partial charge in [-0.05, 0) is 11.5 Å². The van der Waals surface area contributed by atoms with E-state index < -0.39 is 0 Å². The molecule has 0 aliphatic heterocycles. The van der Waals surface area contributed by atoms with E-state index in [1.165, 1.54) is 0 Å². The standard InChI is InChI=1S/C13H19NO2/c1-10(2)12(8-13(14)15)16-9-11-6-4-3-5-7-11/h3-7,10,12H,8-9H2,1-2H3,(H2,14,15)/t12-/m0/s1. The molecule has 0 aliphatic rings. The second-order valence-corrected chi connectivity index (χ2v) is 4.25. The van der Waals surface area contributed by atoms with Crippen molar-refractivity contribution in [3.63, 3.8) is 0 Å². The first-order chi connectivity index (χ1) is 7.59. The van der Waals surface area contributed by atoms with Crippen LogP contribution in [0.25, 0.3) is 0 Å². The minimum absolute atomic E-state index is 0.0993. The Bertz CT molecular complexity index is 322. The summed E-state index contributed by atoms with van der Waals surface area (Å²) in [6.07, 6.45) is 0.183. The number of benzene rings is 1. The molecule has 3 nitrogen and oxygen atoms in total. The molecule has 3 heteroatoms. The lowest BCUT2D eigenvalue weighted by molar-refractivity contribution is -0.122. The number of primary amides is 1. The van der Waals surface area contributed by atoms with E-state index in [1.54, 1.807) is 0 Å². The maximum Gasteiger partial charge on any atom is 0.220 e. The van der Waals surface area contributed by atoms with Crippen molar-refractivity contribution in [2.45, 2.75) is 33.0 Å². The number of carbonyl (C=O) groups is 1. The zero-order valence-electron chi connectivity index (χ0n) is 9.85. The normalized spacial score (nSPS) is 12.7. The van der Waals surface area contributed by atoms with Crippen LogP contribution in [0.5, 0.6) is 0 Å². The Morgan fingerprint density at radius 1 is 1.31 bits per heavy atom. The van der Waals surface area contributed by atoms with E-state index in [0.29, 0.717) is 6.61 Å². The van der Waals surface area contributed by atoms with Crippen molar-refractivity contribution in [2.75, 3.05) is 0 Å². The summed E-state index contributed by atoms with van der Waals surface area (Å²) in [6.45, 7) is 4.58. The Hall–Kier alpha value is -1.35. The zero-order chi connectivity index (χ0) is 12.0. The second kappa shape index (κ2) is 6.28. The van der Waals surface area contributed by atoms with Gasteiger partial charge in [-0.3, -0.25) is 4.79 Å². The van der Waals surface area contributed by atoms with Gasteiger partial charge in [-0.25, -0.2) is 0 Å².